The number of hydrogen-bond acceptors (Lipinski definition) is 6. The molecular weight excluding hydrogens is 414 g/mol. The van der Waals surface area contributed by atoms with E-state index in [1.165, 1.54) is 3.97 Å². The minimum absolute atomic E-state index is 0.0903. The minimum Gasteiger partial charge on any atom is -0.268 e. The molecule has 1 aliphatic heterocycles. The highest BCUT2D eigenvalue weighted by Crippen LogP contribution is 2.38. The lowest BCUT2D eigenvalue weighted by molar-refractivity contribution is -0.152. The number of hydroxylamine groups is 2. The summed E-state index contributed by atoms with van der Waals surface area (Å²) in [4.78, 5) is 17.5. The van der Waals surface area contributed by atoms with E-state index < -0.39 is 10.0 Å². The summed E-state index contributed by atoms with van der Waals surface area (Å²) in [5.41, 5.74) is 3.16. The van der Waals surface area contributed by atoms with Crippen LogP contribution in [0.1, 0.15) is 35.4 Å². The predicted octanol–water partition coefficient (Wildman–Crippen LogP) is 3.35. The van der Waals surface area contributed by atoms with Crippen LogP contribution in [0.15, 0.2) is 60.4 Å². The molecule has 0 radical (unpaired) electrons. The van der Waals surface area contributed by atoms with Crippen LogP contribution in [-0.2, 0) is 26.3 Å². The van der Waals surface area contributed by atoms with Crippen molar-refractivity contribution >= 4 is 26.9 Å². The first-order chi connectivity index (χ1) is 14.9. The van der Waals surface area contributed by atoms with Gasteiger partial charge in [-0.15, -0.1) is 0 Å². The Kier molecular flexibility index (Phi) is 5.66. The van der Waals surface area contributed by atoms with Gasteiger partial charge in [0.05, 0.1) is 30.0 Å². The minimum atomic E-state index is -3.52. The van der Waals surface area contributed by atoms with Gasteiger partial charge in [-0.2, -0.15) is 5.26 Å². The van der Waals surface area contributed by atoms with Crippen LogP contribution in [0.3, 0.4) is 0 Å². The van der Waals surface area contributed by atoms with Gasteiger partial charge in [-0.1, -0.05) is 30.3 Å². The van der Waals surface area contributed by atoms with Gasteiger partial charge < -0.3 is 0 Å². The van der Waals surface area contributed by atoms with Crippen molar-refractivity contribution in [2.75, 3.05) is 12.8 Å². The molecule has 158 valence electrons. The summed E-state index contributed by atoms with van der Waals surface area (Å²) in [5.74, 6) is 1.90. The van der Waals surface area contributed by atoms with E-state index >= 15 is 0 Å². The van der Waals surface area contributed by atoms with Crippen molar-refractivity contribution in [1.82, 2.24) is 9.04 Å². The molecule has 3 aromatic rings. The number of aromatic nitrogens is 1. The van der Waals surface area contributed by atoms with Crippen molar-refractivity contribution < 1.29 is 18.0 Å². The molecule has 0 bridgehead atoms. The lowest BCUT2D eigenvalue weighted by atomic mass is 9.88. The van der Waals surface area contributed by atoms with Crippen LogP contribution < -0.4 is 0 Å². The first kappa shape index (κ1) is 20.9. The first-order valence-electron chi connectivity index (χ1n) is 9.84. The van der Waals surface area contributed by atoms with E-state index in [-0.39, 0.29) is 5.92 Å². The van der Waals surface area contributed by atoms with Crippen LogP contribution >= 0.6 is 0 Å². The standard InChI is InChI=1S/C23H21N3O4S/c1-31(28,29)26-14-22(21-11-18(13-24)7-8-23(21)26)19-9-10-25(20(12-19)15-27)30-16-17-5-3-2-4-6-17/h2-8,11,14,19H,9-10,12,16H2,1H3. The summed E-state index contributed by atoms with van der Waals surface area (Å²) >= 11 is 0. The quantitative estimate of drug-likeness (QED) is 0.571. The third kappa shape index (κ3) is 4.25. The summed E-state index contributed by atoms with van der Waals surface area (Å²) in [5, 5.41) is 11.6. The monoisotopic (exact) mass is 435 g/mol. The van der Waals surface area contributed by atoms with Crippen LogP contribution in [0, 0.1) is 11.3 Å². The number of rotatable bonds is 5. The molecule has 0 saturated carbocycles. The van der Waals surface area contributed by atoms with Crippen molar-refractivity contribution in [2.24, 2.45) is 0 Å². The third-order valence-electron chi connectivity index (χ3n) is 5.50. The molecule has 2 heterocycles. The van der Waals surface area contributed by atoms with Gasteiger partial charge in [0.1, 0.15) is 11.6 Å². The second-order valence-corrected chi connectivity index (χ2v) is 9.45. The number of hydrogen-bond donors (Lipinski definition) is 0. The van der Waals surface area contributed by atoms with Gasteiger partial charge >= 0.3 is 0 Å². The van der Waals surface area contributed by atoms with Gasteiger partial charge in [-0.25, -0.2) is 22.2 Å². The Hall–Kier alpha value is -3.37. The summed E-state index contributed by atoms with van der Waals surface area (Å²) in [6.45, 7) is 0.821. The fraction of sp³-hybridized carbons (Fsp3) is 0.261. The number of allylic oxidation sites excluding steroid dienone is 1. The van der Waals surface area contributed by atoms with Crippen molar-refractivity contribution in [3.8, 4) is 6.07 Å². The van der Waals surface area contributed by atoms with Gasteiger partial charge in [0.2, 0.25) is 10.0 Å². The summed E-state index contributed by atoms with van der Waals surface area (Å²) < 4.78 is 25.8. The topological polar surface area (TPSA) is 92.4 Å². The number of nitriles is 1. The molecule has 0 spiro atoms. The van der Waals surface area contributed by atoms with Crippen LogP contribution in [0.4, 0.5) is 0 Å². The fourth-order valence-electron chi connectivity index (χ4n) is 3.97. The molecule has 4 rings (SSSR count). The van der Waals surface area contributed by atoms with Gasteiger partial charge in [0.15, 0.2) is 0 Å². The SMILES string of the molecule is CS(=O)(=O)n1cc(C2CCN(OCc3ccccc3)C(=C=O)C2)c2cc(C#N)ccc21. The summed E-state index contributed by atoms with van der Waals surface area (Å²) in [7, 11) is -3.52. The van der Waals surface area contributed by atoms with Crippen LogP contribution in [-0.4, -0.2) is 36.2 Å². The fourth-order valence-corrected chi connectivity index (χ4v) is 4.79. The van der Waals surface area contributed by atoms with E-state index in [0.29, 0.717) is 48.2 Å². The number of carbonyl (C=O) groups excluding carboxylic acids is 1. The van der Waals surface area contributed by atoms with Crippen molar-refractivity contribution in [2.45, 2.75) is 25.4 Å². The Labute approximate surface area is 180 Å². The maximum Gasteiger partial charge on any atom is 0.236 e. The van der Waals surface area contributed by atoms with Crippen molar-refractivity contribution in [1.29, 1.82) is 5.26 Å². The smallest absolute Gasteiger partial charge is 0.236 e. The van der Waals surface area contributed by atoms with E-state index in [1.807, 2.05) is 36.3 Å². The number of piperidine rings is 1. The highest BCUT2D eigenvalue weighted by molar-refractivity contribution is 7.89. The molecule has 0 N–H and O–H groups in total. The Balaban J connectivity index is 1.62. The average Bonchev–Trinajstić information content (AvgIpc) is 3.17. The highest BCUT2D eigenvalue weighted by atomic mass is 32.2. The first-order valence-corrected chi connectivity index (χ1v) is 11.7. The lowest BCUT2D eigenvalue weighted by Crippen LogP contribution is -2.31. The van der Waals surface area contributed by atoms with E-state index in [0.717, 1.165) is 17.4 Å². The van der Waals surface area contributed by atoms with E-state index in [2.05, 4.69) is 6.07 Å². The molecule has 1 aliphatic rings. The lowest BCUT2D eigenvalue weighted by Gasteiger charge is -2.32. The molecule has 1 aromatic heterocycles. The molecular formula is C23H21N3O4S. The Morgan fingerprint density at radius 1 is 1.19 bits per heavy atom. The molecule has 7 nitrogen and oxygen atoms in total. The molecule has 0 amide bonds. The maximum atomic E-state index is 12.3. The Morgan fingerprint density at radius 2 is 1.97 bits per heavy atom. The van der Waals surface area contributed by atoms with Gasteiger partial charge in [-0.05, 0) is 41.7 Å². The molecule has 2 aromatic carbocycles. The zero-order chi connectivity index (χ0) is 22.0. The molecule has 1 atom stereocenters. The second-order valence-electron chi connectivity index (χ2n) is 7.59. The van der Waals surface area contributed by atoms with E-state index in [9.17, 15) is 18.5 Å². The van der Waals surface area contributed by atoms with Crippen molar-refractivity contribution in [3.63, 3.8) is 0 Å². The second kappa shape index (κ2) is 8.40. The molecule has 1 fully saturated rings. The molecule has 31 heavy (non-hydrogen) atoms. The highest BCUT2D eigenvalue weighted by Gasteiger charge is 2.29. The van der Waals surface area contributed by atoms with Gasteiger partial charge in [0, 0.05) is 24.5 Å². The number of nitrogens with zero attached hydrogens (tertiary/aromatic N) is 3. The molecule has 8 heteroatoms. The summed E-state index contributed by atoms with van der Waals surface area (Å²) in [6.07, 6.45) is 3.79. The van der Waals surface area contributed by atoms with Crippen LogP contribution in [0.2, 0.25) is 0 Å². The Bertz CT molecular complexity index is 1320. The molecule has 1 unspecified atom stereocenters. The summed E-state index contributed by atoms with van der Waals surface area (Å²) in [6, 6.07) is 16.7. The average molecular weight is 436 g/mol. The predicted molar refractivity (Wildman–Crippen MR) is 116 cm³/mol. The number of benzene rings is 2. The zero-order valence-electron chi connectivity index (χ0n) is 17.0. The molecule has 1 saturated heterocycles. The van der Waals surface area contributed by atoms with Crippen LogP contribution in [0.5, 0.6) is 0 Å². The normalized spacial score (nSPS) is 16.8. The van der Waals surface area contributed by atoms with Crippen LogP contribution in [0.25, 0.3) is 10.9 Å². The van der Waals surface area contributed by atoms with Gasteiger partial charge in [-0.3, -0.25) is 4.84 Å². The third-order valence-corrected chi connectivity index (χ3v) is 6.51. The van der Waals surface area contributed by atoms with Crippen molar-refractivity contribution in [3.05, 3.63) is 77.1 Å². The number of fused-ring (bicyclic) bond motifs is 1. The zero-order valence-corrected chi connectivity index (χ0v) is 17.8. The van der Waals surface area contributed by atoms with E-state index in [4.69, 9.17) is 4.84 Å². The largest absolute Gasteiger partial charge is 0.268 e. The Morgan fingerprint density at radius 3 is 2.65 bits per heavy atom. The molecule has 0 aliphatic carbocycles. The van der Waals surface area contributed by atoms with E-state index in [1.54, 1.807) is 29.5 Å². The maximum absolute atomic E-state index is 12.3. The van der Waals surface area contributed by atoms with Gasteiger partial charge in [0.25, 0.3) is 0 Å².